The summed E-state index contributed by atoms with van der Waals surface area (Å²) in [5, 5.41) is 29.6. The van der Waals surface area contributed by atoms with Gasteiger partial charge in [-0.25, -0.2) is 0 Å². The number of esters is 1. The molecule has 0 radical (unpaired) electrons. The van der Waals surface area contributed by atoms with Crippen LogP contribution in [-0.2, 0) is 16.0 Å². The fraction of sp³-hybridized carbons (Fsp3) is 0.788. The van der Waals surface area contributed by atoms with Gasteiger partial charge in [0.1, 0.15) is 17.6 Å². The molecule has 0 spiro atoms. The van der Waals surface area contributed by atoms with E-state index in [0.717, 1.165) is 56.9 Å². The highest BCUT2D eigenvalue weighted by molar-refractivity contribution is 5.66. The summed E-state index contributed by atoms with van der Waals surface area (Å²) < 4.78 is 5.44. The van der Waals surface area contributed by atoms with Crippen LogP contribution in [0.1, 0.15) is 154 Å². The molecule has 0 unspecified atom stereocenters. The van der Waals surface area contributed by atoms with Crippen LogP contribution in [-0.4, -0.2) is 33.5 Å². The summed E-state index contributed by atoms with van der Waals surface area (Å²) in [4.78, 5) is 11.5. The number of hydrogen-bond acceptors (Lipinski definition) is 5. The lowest BCUT2D eigenvalue weighted by atomic mass is 9.99. The number of rotatable bonds is 25. The van der Waals surface area contributed by atoms with Gasteiger partial charge in [0.25, 0.3) is 0 Å². The lowest BCUT2D eigenvalue weighted by Crippen LogP contribution is -2.30. The van der Waals surface area contributed by atoms with Crippen LogP contribution < -0.4 is 0 Å². The van der Waals surface area contributed by atoms with Crippen molar-refractivity contribution >= 4 is 5.97 Å². The van der Waals surface area contributed by atoms with Crippen molar-refractivity contribution in [2.45, 2.75) is 167 Å². The van der Waals surface area contributed by atoms with E-state index in [1.54, 1.807) is 12.1 Å². The number of aliphatic hydroxyl groups excluding tert-OH is 1. The Hall–Kier alpha value is -1.75. The van der Waals surface area contributed by atoms with Gasteiger partial charge >= 0.3 is 5.97 Å². The number of aromatic hydroxyl groups is 2. The SMILES string of the molecule is CCCCCCCC[C@@H](O)[C@H](CCCCCCCCCCCCCCCc1cc(O)cc(O)c1)OC(C)=O. The Labute approximate surface area is 233 Å². The smallest absolute Gasteiger partial charge is 0.302 e. The van der Waals surface area contributed by atoms with Crippen molar-refractivity contribution in [1.29, 1.82) is 0 Å². The Balaban J connectivity index is 1.95. The van der Waals surface area contributed by atoms with Gasteiger partial charge in [0, 0.05) is 13.0 Å². The number of carbonyl (C=O) groups is 1. The Morgan fingerprint density at radius 2 is 1.08 bits per heavy atom. The molecule has 5 heteroatoms. The summed E-state index contributed by atoms with van der Waals surface area (Å²) in [7, 11) is 0. The van der Waals surface area contributed by atoms with Gasteiger partial charge in [-0.05, 0) is 49.8 Å². The van der Waals surface area contributed by atoms with E-state index in [4.69, 9.17) is 4.74 Å². The highest BCUT2D eigenvalue weighted by Gasteiger charge is 2.21. The molecular weight excluding hydrogens is 476 g/mol. The minimum absolute atomic E-state index is 0.141. The van der Waals surface area contributed by atoms with E-state index in [-0.39, 0.29) is 23.6 Å². The van der Waals surface area contributed by atoms with Crippen LogP contribution in [0.4, 0.5) is 0 Å². The maximum Gasteiger partial charge on any atom is 0.302 e. The molecule has 0 bridgehead atoms. The molecule has 1 aromatic carbocycles. The normalized spacial score (nSPS) is 12.9. The lowest BCUT2D eigenvalue weighted by molar-refractivity contribution is -0.153. The molecule has 0 saturated heterocycles. The quantitative estimate of drug-likeness (QED) is 0.0860. The maximum atomic E-state index is 11.5. The first-order chi connectivity index (χ1) is 18.4. The van der Waals surface area contributed by atoms with Crippen molar-refractivity contribution in [1.82, 2.24) is 0 Å². The molecule has 0 aliphatic rings. The van der Waals surface area contributed by atoms with Crippen LogP contribution in [0.5, 0.6) is 11.5 Å². The third-order valence-corrected chi connectivity index (χ3v) is 7.52. The van der Waals surface area contributed by atoms with Gasteiger partial charge in [-0.1, -0.05) is 116 Å². The first-order valence-corrected chi connectivity index (χ1v) is 15.8. The van der Waals surface area contributed by atoms with Gasteiger partial charge in [0.15, 0.2) is 0 Å². The zero-order chi connectivity index (χ0) is 27.8. The van der Waals surface area contributed by atoms with Gasteiger partial charge in [-0.3, -0.25) is 4.79 Å². The molecule has 1 rings (SSSR count). The fourth-order valence-corrected chi connectivity index (χ4v) is 5.28. The molecule has 0 amide bonds. The largest absolute Gasteiger partial charge is 0.508 e. The van der Waals surface area contributed by atoms with E-state index in [0.29, 0.717) is 0 Å². The predicted molar refractivity (Wildman–Crippen MR) is 158 cm³/mol. The van der Waals surface area contributed by atoms with E-state index < -0.39 is 6.10 Å². The van der Waals surface area contributed by atoms with Gasteiger partial charge in [-0.15, -0.1) is 0 Å². The summed E-state index contributed by atoms with van der Waals surface area (Å²) >= 11 is 0. The summed E-state index contributed by atoms with van der Waals surface area (Å²) in [6.45, 7) is 3.66. The third kappa shape index (κ3) is 19.3. The van der Waals surface area contributed by atoms with E-state index in [2.05, 4.69) is 6.92 Å². The Morgan fingerprint density at radius 1 is 0.658 bits per heavy atom. The fourth-order valence-electron chi connectivity index (χ4n) is 5.28. The van der Waals surface area contributed by atoms with Crippen molar-refractivity contribution in [3.05, 3.63) is 23.8 Å². The van der Waals surface area contributed by atoms with Gasteiger partial charge in [0.05, 0.1) is 6.10 Å². The molecule has 220 valence electrons. The Morgan fingerprint density at radius 3 is 1.55 bits per heavy atom. The molecule has 0 aliphatic heterocycles. The minimum Gasteiger partial charge on any atom is -0.508 e. The summed E-state index contributed by atoms with van der Waals surface area (Å²) in [6.07, 6.45) is 24.8. The lowest BCUT2D eigenvalue weighted by Gasteiger charge is -2.22. The molecule has 0 aromatic heterocycles. The van der Waals surface area contributed by atoms with E-state index in [9.17, 15) is 20.1 Å². The van der Waals surface area contributed by atoms with Crippen LogP contribution in [0.15, 0.2) is 18.2 Å². The highest BCUT2D eigenvalue weighted by Crippen LogP contribution is 2.22. The van der Waals surface area contributed by atoms with E-state index in [1.165, 1.54) is 103 Å². The number of phenols is 2. The average molecular weight is 535 g/mol. The number of hydrogen-bond donors (Lipinski definition) is 3. The van der Waals surface area contributed by atoms with Crippen molar-refractivity contribution in [2.75, 3.05) is 0 Å². The first kappa shape index (κ1) is 34.3. The predicted octanol–water partition coefficient (Wildman–Crippen LogP) is 9.14. The second-order valence-electron chi connectivity index (χ2n) is 11.3. The molecule has 2 atom stereocenters. The van der Waals surface area contributed by atoms with Crippen LogP contribution in [0.3, 0.4) is 0 Å². The number of phenolic OH excluding ortho intramolecular Hbond substituents is 2. The van der Waals surface area contributed by atoms with Crippen LogP contribution in [0.25, 0.3) is 0 Å². The van der Waals surface area contributed by atoms with Gasteiger partial charge in [0.2, 0.25) is 0 Å². The maximum absolute atomic E-state index is 11.5. The minimum atomic E-state index is -0.530. The number of ether oxygens (including phenoxy) is 1. The van der Waals surface area contributed by atoms with Crippen molar-refractivity contribution < 1.29 is 24.9 Å². The monoisotopic (exact) mass is 534 g/mol. The van der Waals surface area contributed by atoms with Crippen molar-refractivity contribution in [2.24, 2.45) is 0 Å². The number of benzene rings is 1. The zero-order valence-corrected chi connectivity index (χ0v) is 24.6. The Bertz CT molecular complexity index is 684. The molecule has 1 aromatic rings. The highest BCUT2D eigenvalue weighted by atomic mass is 16.6. The molecule has 0 saturated carbocycles. The van der Waals surface area contributed by atoms with Crippen LogP contribution in [0.2, 0.25) is 0 Å². The zero-order valence-electron chi connectivity index (χ0n) is 24.6. The van der Waals surface area contributed by atoms with Gasteiger partial charge < -0.3 is 20.1 Å². The van der Waals surface area contributed by atoms with E-state index in [1.807, 2.05) is 0 Å². The van der Waals surface area contributed by atoms with Crippen molar-refractivity contribution in [3.63, 3.8) is 0 Å². The standard InChI is InChI=1S/C33H58O5/c1-3-4-5-6-17-20-23-32(37)33(38-28(2)34)24-21-18-15-13-11-9-7-8-10-12-14-16-19-22-29-25-30(35)27-31(36)26-29/h25-27,32-33,35-37H,3-24H2,1-2H3/t32-,33+/m1/s1. The second-order valence-corrected chi connectivity index (χ2v) is 11.3. The molecule has 38 heavy (non-hydrogen) atoms. The van der Waals surface area contributed by atoms with Gasteiger partial charge in [-0.2, -0.15) is 0 Å². The molecule has 3 N–H and O–H groups in total. The second kappa shape index (κ2) is 23.2. The number of aryl methyl sites for hydroxylation is 1. The molecule has 0 aliphatic carbocycles. The Kier molecular flexibility index (Phi) is 20.9. The number of unbranched alkanes of at least 4 members (excludes halogenated alkanes) is 17. The van der Waals surface area contributed by atoms with Crippen LogP contribution in [0, 0.1) is 0 Å². The number of aliphatic hydroxyl groups is 1. The van der Waals surface area contributed by atoms with Crippen LogP contribution >= 0.6 is 0 Å². The summed E-state index contributed by atoms with van der Waals surface area (Å²) in [5.74, 6) is -0.00451. The van der Waals surface area contributed by atoms with Crippen molar-refractivity contribution in [3.8, 4) is 11.5 Å². The summed E-state index contributed by atoms with van der Waals surface area (Å²) in [5.41, 5.74) is 1.01. The number of carbonyl (C=O) groups excluding carboxylic acids is 1. The third-order valence-electron chi connectivity index (χ3n) is 7.52. The molecule has 5 nitrogen and oxygen atoms in total. The molecular formula is C33H58O5. The topological polar surface area (TPSA) is 87.0 Å². The molecule has 0 fully saturated rings. The summed E-state index contributed by atoms with van der Waals surface area (Å²) in [6, 6.07) is 4.85. The molecule has 0 heterocycles. The average Bonchev–Trinajstić information content (AvgIpc) is 2.86. The van der Waals surface area contributed by atoms with E-state index >= 15 is 0 Å². The first-order valence-electron chi connectivity index (χ1n) is 15.8.